The summed E-state index contributed by atoms with van der Waals surface area (Å²) in [6, 6.07) is 18.1. The maximum absolute atomic E-state index is 11.6. The highest BCUT2D eigenvalue weighted by molar-refractivity contribution is 7.86. The van der Waals surface area contributed by atoms with Crippen LogP contribution in [0.15, 0.2) is 130 Å². The molecule has 0 fully saturated rings. The molecule has 1 heterocycles. The Bertz CT molecular complexity index is 3280. The van der Waals surface area contributed by atoms with Crippen molar-refractivity contribution in [3.05, 3.63) is 102 Å². The number of hydrogen-bond donors (Lipinski definition) is 8. The number of aromatic nitrogens is 3. The van der Waals surface area contributed by atoms with Crippen LogP contribution in [0.4, 0.5) is 34.1 Å². The lowest BCUT2D eigenvalue weighted by atomic mass is 10.2. The number of H-pyrrole nitrogens is 3. The highest BCUT2D eigenvalue weighted by atomic mass is 32.2. The normalized spacial score (nSPS) is 13.4. The average Bonchev–Trinajstić information content (AvgIpc) is 3.22. The van der Waals surface area contributed by atoms with Gasteiger partial charge in [0.25, 0.3) is 50.6 Å². The lowest BCUT2D eigenvalue weighted by Crippen LogP contribution is -2.37. The molecule has 0 aliphatic rings. The minimum atomic E-state index is -4.55. The standard InChI is InChI=1S/C35H38N10O17S5/c46-63(47,48)16-3-14-61-31-21-25(44-42-23-5-1-7-27(19-23)66(55,56)57)9-11-29(31)37-34-39-33(36-13-18-65(52,53)54)40-35(41-34)38-30-12-10-26(22-32(30)62-15-4-17-64(49,50)51)45-43-24-6-2-8-28(20-24)67(58,59)60/h1-2,5-12,19-22H,3-4,13-18H2,(H,46,47,48)(H,49,50,51)(H,52,53,54)(H,55,56,57)(H,58,59,60)(H3,36,37,38,39,40,41). The topological polar surface area (TPSA) is 424 Å². The maximum atomic E-state index is 11.6. The van der Waals surface area contributed by atoms with E-state index in [0.29, 0.717) is 0 Å². The second-order valence-electron chi connectivity index (χ2n) is 13.4. The van der Waals surface area contributed by atoms with Crippen LogP contribution in [-0.4, -0.2) is 117 Å². The van der Waals surface area contributed by atoms with Crippen LogP contribution < -0.4 is 26.3 Å². The third kappa shape index (κ3) is 18.1. The average molecular weight is 1030 g/mol. The Hall–Kier alpha value is -6.36. The largest absolute Gasteiger partial charge is 0.491 e. The van der Waals surface area contributed by atoms with Gasteiger partial charge in [-0.15, -0.1) is 0 Å². The zero-order chi connectivity index (χ0) is 49.0. The molecule has 32 heteroatoms. The number of benzene rings is 4. The molecule has 4 aromatic carbocycles. The number of nitrogens with zero attached hydrogens (tertiary/aromatic N) is 7. The molecule has 0 bridgehead atoms. The Morgan fingerprint density at radius 2 is 0.821 bits per heavy atom. The number of hydrogen-bond acceptors (Lipinski definition) is 19. The van der Waals surface area contributed by atoms with Crippen LogP contribution in [0.2, 0.25) is 0 Å². The van der Waals surface area contributed by atoms with Crippen molar-refractivity contribution in [3.8, 4) is 11.5 Å². The minimum absolute atomic E-state index is 0.0346. The van der Waals surface area contributed by atoms with Gasteiger partial charge in [-0.25, -0.2) is 9.98 Å². The molecule has 0 atom stereocenters. The predicted molar refractivity (Wildman–Crippen MR) is 234 cm³/mol. The molecular weight excluding hydrogens is 993 g/mol. The van der Waals surface area contributed by atoms with E-state index < -0.39 is 84.2 Å². The molecule has 0 spiro atoms. The van der Waals surface area contributed by atoms with Crippen molar-refractivity contribution in [2.75, 3.05) is 37.0 Å². The van der Waals surface area contributed by atoms with E-state index in [-0.39, 0.29) is 88.5 Å². The Morgan fingerprint density at radius 3 is 1.19 bits per heavy atom. The van der Waals surface area contributed by atoms with Gasteiger partial charge in [0.1, 0.15) is 22.9 Å². The molecule has 0 aliphatic heterocycles. The molecular formula is C35H38N10O17S5. The number of nitrogens with one attached hydrogen (secondary N) is 3. The van der Waals surface area contributed by atoms with E-state index in [1.54, 1.807) is 0 Å². The summed E-state index contributed by atoms with van der Waals surface area (Å²) >= 11 is 0. The van der Waals surface area contributed by atoms with Gasteiger partial charge in [0.2, 0.25) is 16.9 Å². The van der Waals surface area contributed by atoms with E-state index in [4.69, 9.17) is 9.47 Å². The lowest BCUT2D eigenvalue weighted by Gasteiger charge is -2.10. The number of ether oxygens (including phenoxy) is 2. The smallest absolute Gasteiger partial charge is 0.294 e. The SMILES string of the molecule is O=S(=O)(O)CCCOc1cc(N=Nc2cccc(S(=O)(=O)O)c2)ccc1N=c1[nH]c(=NCCS(=O)(=O)O)[nH]c(=Nc2ccc(N=Nc3cccc(S(=O)(=O)O)c3)cc2OCCCS(=O)(=O)O)[nH]1. The zero-order valence-corrected chi connectivity index (χ0v) is 38.1. The van der Waals surface area contributed by atoms with Gasteiger partial charge < -0.3 is 9.47 Å². The number of azo groups is 2. The van der Waals surface area contributed by atoms with Crippen molar-refractivity contribution in [1.29, 1.82) is 0 Å². The highest BCUT2D eigenvalue weighted by Gasteiger charge is 2.13. The first-order valence-corrected chi connectivity index (χ1v) is 26.4. The summed E-state index contributed by atoms with van der Waals surface area (Å²) in [6.45, 7) is -1.02. The van der Waals surface area contributed by atoms with Gasteiger partial charge in [0, 0.05) is 12.1 Å². The molecule has 0 unspecified atom stereocenters. The second kappa shape index (κ2) is 22.0. The summed E-state index contributed by atoms with van der Waals surface area (Å²) < 4.78 is 173. The van der Waals surface area contributed by atoms with Gasteiger partial charge in [-0.3, -0.25) is 42.7 Å². The first kappa shape index (κ1) is 51.6. The van der Waals surface area contributed by atoms with Crippen LogP contribution >= 0.6 is 0 Å². The monoisotopic (exact) mass is 1030 g/mol. The number of rotatable bonds is 21. The predicted octanol–water partition coefficient (Wildman–Crippen LogP) is 3.56. The van der Waals surface area contributed by atoms with Gasteiger partial charge in [-0.1, -0.05) is 12.1 Å². The molecule has 8 N–H and O–H groups in total. The fourth-order valence-corrected chi connectivity index (χ4v) is 7.50. The molecule has 0 amide bonds. The summed E-state index contributed by atoms with van der Waals surface area (Å²) in [5, 5.41) is 16.1. The van der Waals surface area contributed by atoms with Crippen LogP contribution in [0.25, 0.3) is 0 Å². The van der Waals surface area contributed by atoms with Crippen LogP contribution in [0, 0.1) is 0 Å². The third-order valence-electron chi connectivity index (χ3n) is 8.08. The van der Waals surface area contributed by atoms with E-state index in [0.717, 1.165) is 24.3 Å². The lowest BCUT2D eigenvalue weighted by molar-refractivity contribution is 0.317. The Labute approximate surface area is 380 Å². The van der Waals surface area contributed by atoms with E-state index in [2.05, 4.69) is 50.4 Å². The molecule has 0 saturated carbocycles. The molecule has 27 nitrogen and oxygen atoms in total. The van der Waals surface area contributed by atoms with Crippen LogP contribution in [0.1, 0.15) is 12.8 Å². The van der Waals surface area contributed by atoms with Crippen LogP contribution in [0.3, 0.4) is 0 Å². The molecule has 67 heavy (non-hydrogen) atoms. The molecule has 0 aliphatic carbocycles. The first-order chi connectivity index (χ1) is 31.3. The van der Waals surface area contributed by atoms with Gasteiger partial charge in [0.15, 0.2) is 0 Å². The van der Waals surface area contributed by atoms with Crippen molar-refractivity contribution < 1.29 is 74.3 Å². The minimum Gasteiger partial charge on any atom is -0.491 e. The number of aromatic amines is 3. The highest BCUT2D eigenvalue weighted by Crippen LogP contribution is 2.34. The first-order valence-electron chi connectivity index (χ1n) is 18.7. The fraction of sp³-hybridized carbons (Fsp3) is 0.229. The molecule has 360 valence electrons. The zero-order valence-electron chi connectivity index (χ0n) is 34.0. The summed E-state index contributed by atoms with van der Waals surface area (Å²) in [7, 11) is -22.3. The molecule has 5 rings (SSSR count). The Kier molecular flexibility index (Phi) is 16.9. The fourth-order valence-electron chi connectivity index (χ4n) is 5.17. The van der Waals surface area contributed by atoms with E-state index in [1.165, 1.54) is 60.7 Å². The van der Waals surface area contributed by atoms with Crippen LogP contribution in [0.5, 0.6) is 11.5 Å². The Morgan fingerprint density at radius 1 is 0.448 bits per heavy atom. The molecule has 5 aromatic rings. The van der Waals surface area contributed by atoms with E-state index in [9.17, 15) is 64.9 Å². The van der Waals surface area contributed by atoms with Gasteiger partial charge in [0.05, 0.1) is 69.6 Å². The van der Waals surface area contributed by atoms with Crippen molar-refractivity contribution >= 4 is 84.7 Å². The summed E-state index contributed by atoms with van der Waals surface area (Å²) in [5.41, 5.74) is -0.0932. The van der Waals surface area contributed by atoms with E-state index >= 15 is 0 Å². The van der Waals surface area contributed by atoms with Gasteiger partial charge in [-0.2, -0.15) is 62.5 Å². The van der Waals surface area contributed by atoms with Crippen molar-refractivity contribution in [2.24, 2.45) is 35.4 Å². The Balaban J connectivity index is 1.61. The van der Waals surface area contributed by atoms with Gasteiger partial charge in [-0.05, 0) is 73.5 Å². The third-order valence-corrected chi connectivity index (χ3v) is 12.1. The summed E-state index contributed by atoms with van der Waals surface area (Å²) in [6.07, 6.45) is -0.348. The van der Waals surface area contributed by atoms with Crippen molar-refractivity contribution in [1.82, 2.24) is 15.0 Å². The summed E-state index contributed by atoms with van der Waals surface area (Å²) in [5.74, 6) is -2.17. The molecule has 0 saturated heterocycles. The second-order valence-corrected chi connectivity index (χ2v) is 21.0. The van der Waals surface area contributed by atoms with Crippen molar-refractivity contribution in [3.63, 3.8) is 0 Å². The maximum Gasteiger partial charge on any atom is 0.294 e. The van der Waals surface area contributed by atoms with Crippen molar-refractivity contribution in [2.45, 2.75) is 22.6 Å². The quantitative estimate of drug-likeness (QED) is 0.0296. The summed E-state index contributed by atoms with van der Waals surface area (Å²) in [4.78, 5) is 20.6. The molecule has 0 radical (unpaired) electrons. The molecule has 1 aromatic heterocycles. The van der Waals surface area contributed by atoms with Crippen LogP contribution in [-0.2, 0) is 50.6 Å². The van der Waals surface area contributed by atoms with E-state index in [1.807, 2.05) is 0 Å². The van der Waals surface area contributed by atoms with Gasteiger partial charge >= 0.3 is 0 Å².